The van der Waals surface area contributed by atoms with Crippen molar-refractivity contribution in [3.63, 3.8) is 0 Å². The number of aromatic nitrogens is 2. The van der Waals surface area contributed by atoms with E-state index in [1.165, 1.54) is 23.0 Å². The van der Waals surface area contributed by atoms with Gasteiger partial charge in [0.2, 0.25) is 0 Å². The maximum atomic E-state index is 13.4. The van der Waals surface area contributed by atoms with E-state index in [0.717, 1.165) is 75.5 Å². The SMILES string of the molecule is O=C(Nc1cc(C(F)(F)F)ccc1N1CCCC1)c1csc(C2CCN(Cc3cccnc3)CC2)n1. The van der Waals surface area contributed by atoms with Gasteiger partial charge in [-0.1, -0.05) is 6.07 Å². The maximum Gasteiger partial charge on any atom is 0.416 e. The third-order valence-electron chi connectivity index (χ3n) is 6.84. The summed E-state index contributed by atoms with van der Waals surface area (Å²) in [6.45, 7) is 4.25. The lowest BCUT2D eigenvalue weighted by Crippen LogP contribution is -2.32. The minimum atomic E-state index is -4.48. The van der Waals surface area contributed by atoms with Crippen LogP contribution in [0.15, 0.2) is 48.1 Å². The number of carbonyl (C=O) groups excluding carboxylic acids is 1. The van der Waals surface area contributed by atoms with Crippen molar-refractivity contribution in [3.8, 4) is 0 Å². The van der Waals surface area contributed by atoms with Gasteiger partial charge in [0.05, 0.1) is 21.9 Å². The van der Waals surface area contributed by atoms with E-state index in [2.05, 4.69) is 26.3 Å². The molecule has 5 rings (SSSR count). The number of alkyl halides is 3. The Morgan fingerprint density at radius 3 is 2.58 bits per heavy atom. The van der Waals surface area contributed by atoms with Gasteiger partial charge in [0, 0.05) is 43.3 Å². The monoisotopic (exact) mass is 515 g/mol. The predicted molar refractivity (Wildman–Crippen MR) is 134 cm³/mol. The first-order valence-corrected chi connectivity index (χ1v) is 13.1. The largest absolute Gasteiger partial charge is 0.416 e. The Hall–Kier alpha value is -2.98. The number of benzene rings is 1. The molecule has 0 bridgehead atoms. The molecular weight excluding hydrogens is 487 g/mol. The van der Waals surface area contributed by atoms with Gasteiger partial charge in [0.1, 0.15) is 5.69 Å². The number of rotatable bonds is 6. The summed E-state index contributed by atoms with van der Waals surface area (Å²) in [5, 5.41) is 5.33. The minimum Gasteiger partial charge on any atom is -0.370 e. The summed E-state index contributed by atoms with van der Waals surface area (Å²) in [6, 6.07) is 7.57. The molecule has 1 aromatic carbocycles. The first kappa shape index (κ1) is 24.7. The Morgan fingerprint density at radius 1 is 1.11 bits per heavy atom. The summed E-state index contributed by atoms with van der Waals surface area (Å²) in [5.74, 6) is -0.207. The van der Waals surface area contributed by atoms with Crippen molar-refractivity contribution in [2.45, 2.75) is 44.3 Å². The number of hydrogen-bond acceptors (Lipinski definition) is 6. The van der Waals surface area contributed by atoms with Gasteiger partial charge in [0.15, 0.2) is 0 Å². The van der Waals surface area contributed by atoms with Crippen molar-refractivity contribution < 1.29 is 18.0 Å². The van der Waals surface area contributed by atoms with Gasteiger partial charge in [-0.3, -0.25) is 14.7 Å². The molecule has 0 atom stereocenters. The van der Waals surface area contributed by atoms with Crippen LogP contribution in [0.4, 0.5) is 24.5 Å². The van der Waals surface area contributed by atoms with E-state index in [4.69, 9.17) is 0 Å². The Labute approximate surface area is 212 Å². The summed E-state index contributed by atoms with van der Waals surface area (Å²) in [7, 11) is 0. The molecule has 2 aromatic heterocycles. The lowest BCUT2D eigenvalue weighted by atomic mass is 9.97. The predicted octanol–water partition coefficient (Wildman–Crippen LogP) is 5.79. The first-order valence-electron chi connectivity index (χ1n) is 12.2. The molecule has 2 aliphatic heterocycles. The van der Waals surface area contributed by atoms with Gasteiger partial charge in [0.25, 0.3) is 5.91 Å². The molecule has 3 aromatic rings. The fourth-order valence-electron chi connectivity index (χ4n) is 4.90. The Bertz CT molecular complexity index is 1190. The molecule has 2 fully saturated rings. The number of carbonyl (C=O) groups is 1. The second-order valence-electron chi connectivity index (χ2n) is 9.36. The Balaban J connectivity index is 1.25. The smallest absolute Gasteiger partial charge is 0.370 e. The Morgan fingerprint density at radius 2 is 1.89 bits per heavy atom. The highest BCUT2D eigenvalue weighted by molar-refractivity contribution is 7.10. The standard InChI is InChI=1S/C26H28F3N5OS/c27-26(28,29)20-5-6-23(34-10-1-2-11-34)21(14-20)31-24(35)22-17-36-25(32-22)19-7-12-33(13-8-19)16-18-4-3-9-30-15-18/h3-6,9,14-15,17,19H,1-2,7-8,10-13,16H2,(H,31,35). The molecule has 1 N–H and O–H groups in total. The first-order chi connectivity index (χ1) is 17.4. The van der Waals surface area contributed by atoms with Crippen molar-refractivity contribution in [1.29, 1.82) is 0 Å². The molecule has 190 valence electrons. The lowest BCUT2D eigenvalue weighted by Gasteiger charge is -2.30. The number of amides is 1. The zero-order chi connectivity index (χ0) is 25.1. The number of nitrogens with one attached hydrogen (secondary N) is 1. The highest BCUT2D eigenvalue weighted by Crippen LogP contribution is 2.37. The fourth-order valence-corrected chi connectivity index (χ4v) is 5.87. The number of likely N-dealkylation sites (tertiary alicyclic amines) is 1. The van der Waals surface area contributed by atoms with E-state index in [-0.39, 0.29) is 17.3 Å². The van der Waals surface area contributed by atoms with Crippen LogP contribution in [0.1, 0.15) is 58.2 Å². The van der Waals surface area contributed by atoms with E-state index in [0.29, 0.717) is 5.69 Å². The van der Waals surface area contributed by atoms with Crippen LogP contribution in [0.3, 0.4) is 0 Å². The number of pyridine rings is 1. The second-order valence-corrected chi connectivity index (χ2v) is 10.3. The van der Waals surface area contributed by atoms with Gasteiger partial charge in [-0.2, -0.15) is 13.2 Å². The second kappa shape index (κ2) is 10.6. The van der Waals surface area contributed by atoms with Gasteiger partial charge in [-0.25, -0.2) is 4.98 Å². The molecule has 0 aliphatic carbocycles. The highest BCUT2D eigenvalue weighted by Gasteiger charge is 2.32. The lowest BCUT2D eigenvalue weighted by molar-refractivity contribution is -0.137. The van der Waals surface area contributed by atoms with E-state index in [1.807, 2.05) is 17.2 Å². The molecule has 10 heteroatoms. The highest BCUT2D eigenvalue weighted by atomic mass is 32.1. The van der Waals surface area contributed by atoms with Crippen LogP contribution in [0, 0.1) is 0 Å². The quantitative estimate of drug-likeness (QED) is 0.450. The van der Waals surface area contributed by atoms with Crippen LogP contribution in [-0.4, -0.2) is 47.0 Å². The van der Waals surface area contributed by atoms with E-state index < -0.39 is 17.6 Å². The Kier molecular flexibility index (Phi) is 7.25. The topological polar surface area (TPSA) is 61.4 Å². The molecular formula is C26H28F3N5OS. The van der Waals surface area contributed by atoms with Crippen LogP contribution in [0.25, 0.3) is 0 Å². The van der Waals surface area contributed by atoms with Gasteiger partial charge >= 0.3 is 6.18 Å². The number of nitrogens with zero attached hydrogens (tertiary/aromatic N) is 4. The average molecular weight is 516 g/mol. The third kappa shape index (κ3) is 5.70. The van der Waals surface area contributed by atoms with Crippen LogP contribution < -0.4 is 10.2 Å². The molecule has 36 heavy (non-hydrogen) atoms. The van der Waals surface area contributed by atoms with E-state index in [9.17, 15) is 18.0 Å². The average Bonchev–Trinajstić information content (AvgIpc) is 3.58. The molecule has 0 spiro atoms. The fraction of sp³-hybridized carbons (Fsp3) is 0.423. The molecule has 0 radical (unpaired) electrons. The van der Waals surface area contributed by atoms with Crippen molar-refractivity contribution in [1.82, 2.24) is 14.9 Å². The molecule has 2 saturated heterocycles. The van der Waals surface area contributed by atoms with Gasteiger partial charge in [-0.15, -0.1) is 11.3 Å². The van der Waals surface area contributed by atoms with Crippen molar-refractivity contribution >= 4 is 28.6 Å². The van der Waals surface area contributed by atoms with Crippen LogP contribution in [0.2, 0.25) is 0 Å². The van der Waals surface area contributed by atoms with Crippen molar-refractivity contribution in [2.75, 3.05) is 36.4 Å². The summed E-state index contributed by atoms with van der Waals surface area (Å²) in [6.07, 6.45) is 3.02. The number of piperidine rings is 1. The molecule has 2 aliphatic rings. The molecule has 1 amide bonds. The van der Waals surface area contributed by atoms with Crippen molar-refractivity contribution in [3.05, 3.63) is 69.9 Å². The number of halogens is 3. The number of anilines is 2. The van der Waals surface area contributed by atoms with E-state index in [1.54, 1.807) is 11.6 Å². The summed E-state index contributed by atoms with van der Waals surface area (Å²) < 4.78 is 40.1. The maximum absolute atomic E-state index is 13.4. The number of thiazole rings is 1. The summed E-state index contributed by atoms with van der Waals surface area (Å²) >= 11 is 1.45. The van der Waals surface area contributed by atoms with Gasteiger partial charge < -0.3 is 10.2 Å². The van der Waals surface area contributed by atoms with Crippen LogP contribution >= 0.6 is 11.3 Å². The third-order valence-corrected chi connectivity index (χ3v) is 7.85. The van der Waals surface area contributed by atoms with E-state index >= 15 is 0 Å². The summed E-state index contributed by atoms with van der Waals surface area (Å²) in [5.41, 5.74) is 1.45. The molecule has 6 nitrogen and oxygen atoms in total. The minimum absolute atomic E-state index is 0.176. The van der Waals surface area contributed by atoms with Crippen LogP contribution in [-0.2, 0) is 12.7 Å². The zero-order valence-electron chi connectivity index (χ0n) is 19.8. The van der Waals surface area contributed by atoms with Crippen LogP contribution in [0.5, 0.6) is 0 Å². The zero-order valence-corrected chi connectivity index (χ0v) is 20.6. The molecule has 0 unspecified atom stereocenters. The number of hydrogen-bond donors (Lipinski definition) is 1. The van der Waals surface area contributed by atoms with Gasteiger partial charge in [-0.05, 0) is 68.6 Å². The summed E-state index contributed by atoms with van der Waals surface area (Å²) in [4.78, 5) is 26.2. The molecule has 0 saturated carbocycles. The normalized spacial score (nSPS) is 17.5. The van der Waals surface area contributed by atoms with Crippen molar-refractivity contribution in [2.24, 2.45) is 0 Å². The molecule has 4 heterocycles.